The van der Waals surface area contributed by atoms with Crippen molar-refractivity contribution in [2.24, 2.45) is 11.8 Å². The molecular weight excluding hydrogens is 352 g/mol. The number of hydrogen-bond acceptors (Lipinski definition) is 7. The summed E-state index contributed by atoms with van der Waals surface area (Å²) in [5.74, 6) is -1.34. The summed E-state index contributed by atoms with van der Waals surface area (Å²) >= 11 is 0. The summed E-state index contributed by atoms with van der Waals surface area (Å²) in [7, 11) is 1.33. The van der Waals surface area contributed by atoms with E-state index >= 15 is 0 Å². The summed E-state index contributed by atoms with van der Waals surface area (Å²) in [6, 6.07) is 0. The molecule has 1 unspecified atom stereocenters. The Morgan fingerprint density at radius 1 is 1.26 bits per heavy atom. The lowest BCUT2D eigenvalue weighted by atomic mass is 9.83. The van der Waals surface area contributed by atoms with Gasteiger partial charge in [-0.2, -0.15) is 0 Å². The fourth-order valence-corrected chi connectivity index (χ4v) is 3.23. The molecule has 0 radical (unpaired) electrons. The molecule has 27 heavy (non-hydrogen) atoms. The number of allylic oxidation sites excluding steroid dienone is 2. The van der Waals surface area contributed by atoms with E-state index in [2.05, 4.69) is 0 Å². The third-order valence-corrected chi connectivity index (χ3v) is 4.86. The molecule has 0 aliphatic carbocycles. The van der Waals surface area contributed by atoms with Crippen LogP contribution in [0.2, 0.25) is 0 Å². The number of rotatable bonds is 3. The highest BCUT2D eigenvalue weighted by Gasteiger charge is 2.35. The first-order chi connectivity index (χ1) is 12.8. The molecule has 0 aromatic rings. The van der Waals surface area contributed by atoms with Gasteiger partial charge < -0.3 is 29.6 Å². The summed E-state index contributed by atoms with van der Waals surface area (Å²) in [6.45, 7) is 3.56. The fraction of sp³-hybridized carbons (Fsp3) is 0.700. The topological polar surface area (TPSA) is 113 Å². The summed E-state index contributed by atoms with van der Waals surface area (Å²) in [6.07, 6.45) is 3.59. The molecule has 0 saturated carbocycles. The Morgan fingerprint density at radius 3 is 2.59 bits per heavy atom. The van der Waals surface area contributed by atoms with Crippen LogP contribution in [0.5, 0.6) is 0 Å². The third kappa shape index (κ3) is 7.92. The van der Waals surface area contributed by atoms with Crippen LogP contribution >= 0.6 is 0 Å². The first kappa shape index (κ1) is 23.5. The van der Waals surface area contributed by atoms with Gasteiger partial charge in [-0.05, 0) is 25.2 Å². The van der Waals surface area contributed by atoms with Crippen LogP contribution in [0.3, 0.4) is 0 Å². The average Bonchev–Trinajstić information content (AvgIpc) is 2.60. The zero-order valence-electron chi connectivity index (χ0n) is 16.2. The van der Waals surface area contributed by atoms with E-state index < -0.39 is 36.3 Å². The molecule has 1 rings (SSSR count). The van der Waals surface area contributed by atoms with Gasteiger partial charge in [0.15, 0.2) is 0 Å². The van der Waals surface area contributed by atoms with Crippen molar-refractivity contribution < 1.29 is 34.4 Å². The lowest BCUT2D eigenvalue weighted by molar-refractivity contribution is -0.156. The molecule has 0 aromatic carbocycles. The van der Waals surface area contributed by atoms with Crippen molar-refractivity contribution in [3.05, 3.63) is 24.3 Å². The van der Waals surface area contributed by atoms with Crippen LogP contribution in [-0.4, -0.2) is 65.2 Å². The average molecular weight is 384 g/mol. The molecule has 3 N–H and O–H groups in total. The van der Waals surface area contributed by atoms with E-state index in [0.29, 0.717) is 19.1 Å². The normalized spacial score (nSPS) is 39.3. The van der Waals surface area contributed by atoms with Crippen LogP contribution < -0.4 is 0 Å². The number of ether oxygens (including phenoxy) is 2. The molecule has 7 heteroatoms. The standard InChI is InChI=1S/C20H32O7/c1-13-11-15(9-10-21)19(25)20(26-3)17(23)12-18(24)27-14(2)7-5-4-6-8-16(13)22/h4-6,8,10,13-17,19-20,22-23,25H,7,9,11-12H2,1-3H3/b5-4+,8-6+/t13-,14-,15+,16+,17-,19+,20?/m1/s1. The van der Waals surface area contributed by atoms with Gasteiger partial charge in [-0.15, -0.1) is 0 Å². The van der Waals surface area contributed by atoms with Crippen LogP contribution in [0.4, 0.5) is 0 Å². The van der Waals surface area contributed by atoms with Crippen LogP contribution in [-0.2, 0) is 19.1 Å². The van der Waals surface area contributed by atoms with Gasteiger partial charge in [-0.1, -0.05) is 31.2 Å². The smallest absolute Gasteiger partial charge is 0.308 e. The monoisotopic (exact) mass is 384 g/mol. The molecule has 7 atom stereocenters. The van der Waals surface area contributed by atoms with Crippen LogP contribution in [0.1, 0.15) is 39.5 Å². The number of hydrogen-bond donors (Lipinski definition) is 3. The summed E-state index contributed by atoms with van der Waals surface area (Å²) in [4.78, 5) is 23.1. The Kier molecular flexibility index (Phi) is 10.5. The molecule has 0 saturated heterocycles. The lowest BCUT2D eigenvalue weighted by Crippen LogP contribution is -2.45. The number of aldehydes is 1. The highest BCUT2D eigenvalue weighted by atomic mass is 16.5. The van der Waals surface area contributed by atoms with Gasteiger partial charge in [0.05, 0.1) is 24.7 Å². The summed E-state index contributed by atoms with van der Waals surface area (Å²) in [5.41, 5.74) is 0. The van der Waals surface area contributed by atoms with Gasteiger partial charge in [0.2, 0.25) is 0 Å². The fourth-order valence-electron chi connectivity index (χ4n) is 3.23. The van der Waals surface area contributed by atoms with E-state index in [-0.39, 0.29) is 24.9 Å². The second-order valence-electron chi connectivity index (χ2n) is 7.18. The first-order valence-electron chi connectivity index (χ1n) is 9.33. The van der Waals surface area contributed by atoms with E-state index in [1.165, 1.54) is 7.11 Å². The maximum atomic E-state index is 12.0. The predicted molar refractivity (Wildman–Crippen MR) is 99.8 cm³/mol. The zero-order chi connectivity index (χ0) is 20.4. The maximum absolute atomic E-state index is 12.0. The number of methoxy groups -OCH3 is 1. The molecular formula is C20H32O7. The van der Waals surface area contributed by atoms with E-state index in [4.69, 9.17) is 9.47 Å². The first-order valence-corrected chi connectivity index (χ1v) is 9.33. The molecule has 7 nitrogen and oxygen atoms in total. The van der Waals surface area contributed by atoms with Crippen LogP contribution in [0.25, 0.3) is 0 Å². The Hall–Kier alpha value is -1.54. The van der Waals surface area contributed by atoms with E-state index in [1.807, 2.05) is 13.0 Å². The number of carbonyl (C=O) groups excluding carboxylic acids is 2. The minimum absolute atomic E-state index is 0.0515. The van der Waals surface area contributed by atoms with Gasteiger partial charge in [0, 0.05) is 20.0 Å². The minimum Gasteiger partial charge on any atom is -0.462 e. The maximum Gasteiger partial charge on any atom is 0.308 e. The molecule has 0 aromatic heterocycles. The second kappa shape index (κ2) is 12.0. The van der Waals surface area contributed by atoms with Crippen molar-refractivity contribution in [1.82, 2.24) is 0 Å². The summed E-state index contributed by atoms with van der Waals surface area (Å²) in [5, 5.41) is 31.3. The van der Waals surface area contributed by atoms with Gasteiger partial charge >= 0.3 is 5.97 Å². The largest absolute Gasteiger partial charge is 0.462 e. The van der Waals surface area contributed by atoms with Gasteiger partial charge in [-0.25, -0.2) is 0 Å². The highest BCUT2D eigenvalue weighted by Crippen LogP contribution is 2.26. The van der Waals surface area contributed by atoms with Gasteiger partial charge in [0.1, 0.15) is 18.5 Å². The Bertz CT molecular complexity index is 516. The van der Waals surface area contributed by atoms with Crippen LogP contribution in [0.15, 0.2) is 24.3 Å². The Labute approximate surface area is 160 Å². The number of carbonyl (C=O) groups is 2. The van der Waals surface area contributed by atoms with Crippen molar-refractivity contribution in [2.45, 2.75) is 70.1 Å². The number of aliphatic hydroxyl groups excluding tert-OH is 3. The molecule has 1 aliphatic heterocycles. The van der Waals surface area contributed by atoms with Crippen molar-refractivity contribution >= 4 is 12.3 Å². The van der Waals surface area contributed by atoms with E-state index in [1.54, 1.807) is 25.2 Å². The molecule has 0 fully saturated rings. The molecule has 0 bridgehead atoms. The quantitative estimate of drug-likeness (QED) is 0.494. The van der Waals surface area contributed by atoms with Gasteiger partial charge in [-0.3, -0.25) is 4.79 Å². The van der Waals surface area contributed by atoms with Crippen LogP contribution in [0, 0.1) is 11.8 Å². The van der Waals surface area contributed by atoms with Crippen molar-refractivity contribution in [2.75, 3.05) is 7.11 Å². The number of cyclic esters (lactones) is 1. The predicted octanol–water partition coefficient (Wildman–Crippen LogP) is 1.15. The number of aliphatic hydroxyl groups is 3. The SMILES string of the molecule is COC1[C@H](O)CC(=O)O[C@H](C)C/C=C/C=C/[C@H](O)[C@H](C)C[C@H](CC=O)[C@@H]1O. The Balaban J connectivity index is 3.08. The second-order valence-corrected chi connectivity index (χ2v) is 7.18. The summed E-state index contributed by atoms with van der Waals surface area (Å²) < 4.78 is 10.5. The van der Waals surface area contributed by atoms with E-state index in [9.17, 15) is 24.9 Å². The third-order valence-electron chi connectivity index (χ3n) is 4.86. The minimum atomic E-state index is -1.28. The molecule has 1 aliphatic rings. The van der Waals surface area contributed by atoms with Crippen molar-refractivity contribution in [3.8, 4) is 0 Å². The highest BCUT2D eigenvalue weighted by molar-refractivity contribution is 5.70. The molecule has 1 heterocycles. The number of esters is 1. The lowest BCUT2D eigenvalue weighted by Gasteiger charge is -2.33. The van der Waals surface area contributed by atoms with Gasteiger partial charge in [0.25, 0.3) is 0 Å². The van der Waals surface area contributed by atoms with Crippen molar-refractivity contribution in [3.63, 3.8) is 0 Å². The molecule has 0 amide bonds. The van der Waals surface area contributed by atoms with E-state index in [0.717, 1.165) is 0 Å². The van der Waals surface area contributed by atoms with Crippen molar-refractivity contribution in [1.29, 1.82) is 0 Å². The molecule has 154 valence electrons. The molecule has 0 spiro atoms. The Morgan fingerprint density at radius 2 is 1.96 bits per heavy atom. The zero-order valence-corrected chi connectivity index (χ0v) is 16.2.